The lowest BCUT2D eigenvalue weighted by Crippen LogP contribution is -2.09. The summed E-state index contributed by atoms with van der Waals surface area (Å²) in [5.41, 5.74) is 1.66. The van der Waals surface area contributed by atoms with Crippen LogP contribution in [-0.2, 0) is 0 Å². The van der Waals surface area contributed by atoms with Gasteiger partial charge < -0.3 is 15.2 Å². The maximum atomic E-state index is 12.1. The Morgan fingerprint density at radius 1 is 1.11 bits per heavy atom. The van der Waals surface area contributed by atoms with Crippen molar-refractivity contribution in [2.75, 3.05) is 12.0 Å². The number of ether oxygens (including phenoxy) is 1. The van der Waals surface area contributed by atoms with Crippen LogP contribution in [0, 0.1) is 0 Å². The van der Waals surface area contributed by atoms with Gasteiger partial charge in [-0.25, -0.2) is 0 Å². The number of carbonyl (C=O) groups excluding carboxylic acids is 2. The molecule has 0 atom stereocenters. The van der Waals surface area contributed by atoms with Crippen molar-refractivity contribution in [2.24, 2.45) is 0 Å². The van der Waals surface area contributed by atoms with Crippen LogP contribution in [0.2, 0.25) is 0 Å². The fourth-order valence-electron chi connectivity index (χ4n) is 2.79. The van der Waals surface area contributed by atoms with Gasteiger partial charge in [-0.15, -0.1) is 17.7 Å². The maximum absolute atomic E-state index is 12.1. The van der Waals surface area contributed by atoms with Crippen molar-refractivity contribution in [1.82, 2.24) is 20.2 Å². The molecule has 4 rings (SSSR count). The largest absolute Gasteiger partial charge is 0.515 e. The first-order chi connectivity index (χ1) is 13.6. The average molecular weight is 395 g/mol. The molecule has 0 unspecified atom stereocenters. The van der Waals surface area contributed by atoms with E-state index in [1.54, 1.807) is 42.5 Å². The molecule has 0 radical (unpaired) electrons. The lowest BCUT2D eigenvalue weighted by molar-refractivity contribution is 0.0984. The zero-order valence-corrected chi connectivity index (χ0v) is 15.1. The minimum Gasteiger partial charge on any atom is -0.515 e. The van der Waals surface area contributed by atoms with Crippen molar-refractivity contribution >= 4 is 29.9 Å². The number of hydrogen-bond acceptors (Lipinski definition) is 9. The average Bonchev–Trinajstić information content (AvgIpc) is 3.24. The second-order valence-corrected chi connectivity index (χ2v) is 6.21. The van der Waals surface area contributed by atoms with Gasteiger partial charge in [0.05, 0.1) is 11.9 Å². The Hall–Kier alpha value is -3.66. The normalized spacial score (nSPS) is 14.4. The number of ketones is 2. The third-order valence-electron chi connectivity index (χ3n) is 4.18. The van der Waals surface area contributed by atoms with Gasteiger partial charge in [-0.2, -0.15) is 4.68 Å². The quantitative estimate of drug-likeness (QED) is 0.198. The second kappa shape index (κ2) is 7.16. The van der Waals surface area contributed by atoms with E-state index in [-0.39, 0.29) is 23.4 Å². The summed E-state index contributed by atoms with van der Waals surface area (Å²) in [5.74, 6) is -0.353. The molecule has 2 aromatic carbocycles. The predicted molar refractivity (Wildman–Crippen MR) is 101 cm³/mol. The number of tetrazole rings is 1. The molecule has 2 N–H and O–H groups in total. The van der Waals surface area contributed by atoms with Crippen LogP contribution in [0.5, 0.6) is 5.75 Å². The Bertz CT molecular complexity index is 1110. The zero-order valence-electron chi connectivity index (χ0n) is 14.2. The van der Waals surface area contributed by atoms with Crippen LogP contribution in [0.4, 0.5) is 5.69 Å². The van der Waals surface area contributed by atoms with E-state index in [4.69, 9.17) is 9.84 Å². The highest BCUT2D eigenvalue weighted by atomic mass is 32.1. The molecule has 1 aliphatic rings. The highest BCUT2D eigenvalue weighted by Crippen LogP contribution is 2.28. The number of rotatable bonds is 5. The van der Waals surface area contributed by atoms with Crippen molar-refractivity contribution in [1.29, 1.82) is 0 Å². The predicted octanol–water partition coefficient (Wildman–Crippen LogP) is 2.22. The first-order valence-electron chi connectivity index (χ1n) is 8.11. The van der Waals surface area contributed by atoms with Crippen molar-refractivity contribution < 1.29 is 19.4 Å². The topological polar surface area (TPSA) is 119 Å². The number of nitrogens with one attached hydrogen (secondary N) is 1. The van der Waals surface area contributed by atoms with Gasteiger partial charge in [-0.05, 0) is 52.9 Å². The number of anilines is 1. The molecule has 140 valence electrons. The van der Waals surface area contributed by atoms with Gasteiger partial charge in [-0.3, -0.25) is 9.59 Å². The summed E-state index contributed by atoms with van der Waals surface area (Å²) in [5, 5.41) is 23.5. The maximum Gasteiger partial charge on any atom is 0.211 e. The van der Waals surface area contributed by atoms with E-state index in [1.165, 1.54) is 4.68 Å². The molecule has 3 aromatic rings. The highest BCUT2D eigenvalue weighted by Gasteiger charge is 2.33. The van der Waals surface area contributed by atoms with E-state index in [0.29, 0.717) is 22.9 Å². The number of Topliss-reactive ketones (excluding diaryl/α,β-unsaturated/α-hetero) is 2. The van der Waals surface area contributed by atoms with E-state index >= 15 is 0 Å². The number of benzene rings is 2. The fourth-order valence-corrected chi connectivity index (χ4v) is 2.98. The molecule has 1 aliphatic carbocycles. The smallest absolute Gasteiger partial charge is 0.211 e. The molecule has 1 aromatic heterocycles. The van der Waals surface area contributed by atoms with Gasteiger partial charge >= 0.3 is 0 Å². The molecule has 0 saturated heterocycles. The molecule has 0 spiro atoms. The highest BCUT2D eigenvalue weighted by molar-refractivity contribution is 7.80. The van der Waals surface area contributed by atoms with Crippen LogP contribution in [0.3, 0.4) is 0 Å². The number of hydrogen-bond donors (Lipinski definition) is 3. The van der Waals surface area contributed by atoms with Crippen LogP contribution < -0.4 is 10.1 Å². The molecule has 0 fully saturated rings. The Morgan fingerprint density at radius 2 is 1.86 bits per heavy atom. The van der Waals surface area contributed by atoms with E-state index in [0.717, 1.165) is 5.69 Å². The van der Waals surface area contributed by atoms with Gasteiger partial charge in [0.25, 0.3) is 0 Å². The fraction of sp³-hybridized carbons (Fsp3) is 0.0556. The van der Waals surface area contributed by atoms with Crippen LogP contribution in [0.15, 0.2) is 59.5 Å². The van der Waals surface area contributed by atoms with Crippen LogP contribution >= 0.6 is 12.6 Å². The van der Waals surface area contributed by atoms with Crippen LogP contribution in [-0.4, -0.2) is 43.6 Å². The number of aromatic nitrogens is 4. The zero-order chi connectivity index (χ0) is 19.7. The number of nitrogens with zero attached hydrogens (tertiary/aromatic N) is 4. The summed E-state index contributed by atoms with van der Waals surface area (Å²) < 4.78 is 7.10. The molecule has 10 heteroatoms. The number of carbonyl (C=O) groups is 2. The molecule has 1 heterocycles. The summed E-state index contributed by atoms with van der Waals surface area (Å²) >= 11 is 4.16. The van der Waals surface area contributed by atoms with Crippen LogP contribution in [0.25, 0.3) is 5.69 Å². The number of aliphatic hydroxyl groups is 1. The number of thiol groups is 1. The van der Waals surface area contributed by atoms with E-state index in [9.17, 15) is 9.59 Å². The van der Waals surface area contributed by atoms with Crippen molar-refractivity contribution in [3.8, 4) is 11.4 Å². The van der Waals surface area contributed by atoms with Gasteiger partial charge in [0.1, 0.15) is 11.3 Å². The molecule has 28 heavy (non-hydrogen) atoms. The third-order valence-corrected chi connectivity index (χ3v) is 4.46. The Morgan fingerprint density at radius 3 is 2.54 bits per heavy atom. The number of aliphatic hydroxyl groups excluding tert-OH is 1. The Balaban J connectivity index is 1.40. The SMILES string of the molecule is O=C1/C(=C\O)C(=O)c2cc(NCOc3ccc(-n4nnnc4S)cc3)ccc21. The van der Waals surface area contributed by atoms with Crippen LogP contribution in [0.1, 0.15) is 20.7 Å². The molecule has 0 amide bonds. The summed E-state index contributed by atoms with van der Waals surface area (Å²) in [6.45, 7) is 0.145. The summed E-state index contributed by atoms with van der Waals surface area (Å²) in [6.07, 6.45) is 0.552. The lowest BCUT2D eigenvalue weighted by atomic mass is 10.1. The van der Waals surface area contributed by atoms with Gasteiger partial charge in [0.15, 0.2) is 6.73 Å². The minimum absolute atomic E-state index is 0.145. The van der Waals surface area contributed by atoms with E-state index in [2.05, 4.69) is 33.5 Å². The number of allylic oxidation sites excluding steroid dienone is 1. The Kier molecular flexibility index (Phi) is 4.53. The molecule has 0 saturated carbocycles. The first kappa shape index (κ1) is 17.7. The summed E-state index contributed by atoms with van der Waals surface area (Å²) in [7, 11) is 0. The molecule has 0 bridgehead atoms. The molecular weight excluding hydrogens is 382 g/mol. The summed E-state index contributed by atoms with van der Waals surface area (Å²) in [4.78, 5) is 24.1. The minimum atomic E-state index is -0.492. The van der Waals surface area contributed by atoms with Crippen molar-refractivity contribution in [3.63, 3.8) is 0 Å². The Labute approximate surface area is 164 Å². The third kappa shape index (κ3) is 3.09. The van der Waals surface area contributed by atoms with E-state index in [1.807, 2.05) is 0 Å². The summed E-state index contributed by atoms with van der Waals surface area (Å²) in [6, 6.07) is 11.9. The van der Waals surface area contributed by atoms with Crippen molar-refractivity contribution in [2.45, 2.75) is 5.16 Å². The standard InChI is InChI=1S/C18H13N5O4S/c24-8-15-16(25)13-6-1-10(7-14(13)17(15)26)19-9-27-12-4-2-11(3-5-12)23-18(28)20-21-22-23/h1-8,19,24H,9H2,(H,20,22,28)/b15-8+. The lowest BCUT2D eigenvalue weighted by Gasteiger charge is -2.10. The molecule has 9 nitrogen and oxygen atoms in total. The first-order valence-corrected chi connectivity index (χ1v) is 8.55. The van der Waals surface area contributed by atoms with Gasteiger partial charge in [0, 0.05) is 16.8 Å². The van der Waals surface area contributed by atoms with Crippen molar-refractivity contribution in [3.05, 3.63) is 65.4 Å². The van der Waals surface area contributed by atoms with Gasteiger partial charge in [-0.1, -0.05) is 0 Å². The van der Waals surface area contributed by atoms with Gasteiger partial charge in [0.2, 0.25) is 16.7 Å². The monoisotopic (exact) mass is 395 g/mol. The van der Waals surface area contributed by atoms with E-state index < -0.39 is 11.6 Å². The second-order valence-electron chi connectivity index (χ2n) is 5.81. The number of fused-ring (bicyclic) bond motifs is 1. The molecular formula is C18H13N5O4S. The molecule has 0 aliphatic heterocycles.